The van der Waals surface area contributed by atoms with Gasteiger partial charge in [-0.2, -0.15) is 0 Å². The van der Waals surface area contributed by atoms with E-state index in [1.165, 1.54) is 6.33 Å². The number of carbonyl (C=O) groups excluding carboxylic acids is 1. The molecular weight excluding hydrogens is 314 g/mol. The van der Waals surface area contributed by atoms with Crippen LogP contribution in [0.25, 0.3) is 10.9 Å². The topological polar surface area (TPSA) is 64.1 Å². The number of rotatable bonds is 7. The molecule has 1 atom stereocenters. The van der Waals surface area contributed by atoms with Gasteiger partial charge >= 0.3 is 5.97 Å². The zero-order valence-electron chi connectivity index (χ0n) is 14.2. The number of fused-ring (bicyclic) bond motifs is 1. The summed E-state index contributed by atoms with van der Waals surface area (Å²) < 4.78 is 5.24. The Bertz CT molecular complexity index is 831. The molecule has 0 aliphatic rings. The smallest absolute Gasteiger partial charge is 0.311 e. The molecule has 1 unspecified atom stereocenters. The standard InChI is InChI=1S/C20H21N3O2/c1-2-25-20(24)16(12-15-8-4-3-5-9-15)13-21-19-17-10-6-7-11-18(17)22-14-23-19/h3-11,14,16H,2,12-13H2,1H3,(H,21,22,23). The molecule has 0 saturated carbocycles. The van der Waals surface area contributed by atoms with Crippen LogP contribution < -0.4 is 5.32 Å². The second-order valence-electron chi connectivity index (χ2n) is 5.76. The lowest BCUT2D eigenvalue weighted by Gasteiger charge is -2.17. The SMILES string of the molecule is CCOC(=O)C(CNc1ncnc2ccccc12)Cc1ccccc1. The molecule has 5 nitrogen and oxygen atoms in total. The summed E-state index contributed by atoms with van der Waals surface area (Å²) in [7, 11) is 0. The minimum Gasteiger partial charge on any atom is -0.466 e. The number of esters is 1. The van der Waals surface area contributed by atoms with Crippen molar-refractivity contribution < 1.29 is 9.53 Å². The molecule has 3 rings (SSSR count). The Morgan fingerprint density at radius 1 is 1.08 bits per heavy atom. The number of para-hydroxylation sites is 1. The molecule has 0 aliphatic carbocycles. The van der Waals surface area contributed by atoms with Gasteiger partial charge in [-0.3, -0.25) is 4.79 Å². The normalized spacial score (nSPS) is 11.9. The van der Waals surface area contributed by atoms with Crippen molar-refractivity contribution >= 4 is 22.7 Å². The van der Waals surface area contributed by atoms with E-state index in [1.807, 2.05) is 61.5 Å². The van der Waals surface area contributed by atoms with E-state index in [4.69, 9.17) is 4.74 Å². The van der Waals surface area contributed by atoms with Crippen LogP contribution in [-0.4, -0.2) is 29.1 Å². The molecule has 0 amide bonds. The first kappa shape index (κ1) is 16.9. The Morgan fingerprint density at radius 2 is 1.84 bits per heavy atom. The molecule has 1 N–H and O–H groups in total. The Kier molecular flexibility index (Phi) is 5.57. The quantitative estimate of drug-likeness (QED) is 0.670. The molecule has 0 saturated heterocycles. The van der Waals surface area contributed by atoms with E-state index in [9.17, 15) is 4.79 Å². The summed E-state index contributed by atoms with van der Waals surface area (Å²) in [4.78, 5) is 20.9. The number of benzene rings is 2. The highest BCUT2D eigenvalue weighted by molar-refractivity contribution is 5.88. The molecule has 1 aromatic heterocycles. The molecule has 2 aromatic carbocycles. The summed E-state index contributed by atoms with van der Waals surface area (Å²) in [6.07, 6.45) is 2.15. The minimum atomic E-state index is -0.281. The summed E-state index contributed by atoms with van der Waals surface area (Å²) in [5.41, 5.74) is 1.98. The predicted octanol–water partition coefficient (Wildman–Crippen LogP) is 3.46. The van der Waals surface area contributed by atoms with E-state index < -0.39 is 0 Å². The minimum absolute atomic E-state index is 0.197. The third kappa shape index (κ3) is 4.32. The maximum absolute atomic E-state index is 12.3. The average Bonchev–Trinajstić information content (AvgIpc) is 2.66. The van der Waals surface area contributed by atoms with Crippen LogP contribution in [0.1, 0.15) is 12.5 Å². The predicted molar refractivity (Wildman–Crippen MR) is 98.3 cm³/mol. The maximum Gasteiger partial charge on any atom is 0.311 e. The van der Waals surface area contributed by atoms with Gasteiger partial charge in [0.15, 0.2) is 0 Å². The molecule has 25 heavy (non-hydrogen) atoms. The summed E-state index contributed by atoms with van der Waals surface area (Å²) in [5.74, 6) is 0.251. The Balaban J connectivity index is 1.76. The van der Waals surface area contributed by atoms with Crippen molar-refractivity contribution in [3.8, 4) is 0 Å². The fourth-order valence-electron chi connectivity index (χ4n) is 2.76. The number of nitrogens with zero attached hydrogens (tertiary/aromatic N) is 2. The highest BCUT2D eigenvalue weighted by atomic mass is 16.5. The number of carbonyl (C=O) groups is 1. The monoisotopic (exact) mass is 335 g/mol. The Labute approximate surface area is 147 Å². The molecule has 1 heterocycles. The van der Waals surface area contributed by atoms with E-state index in [0.717, 1.165) is 22.3 Å². The third-order valence-electron chi connectivity index (χ3n) is 4.00. The number of ether oxygens (including phenoxy) is 1. The lowest BCUT2D eigenvalue weighted by Crippen LogP contribution is -2.27. The molecule has 3 aromatic rings. The van der Waals surface area contributed by atoms with Crippen LogP contribution in [0.5, 0.6) is 0 Å². The number of aromatic nitrogens is 2. The largest absolute Gasteiger partial charge is 0.466 e. The van der Waals surface area contributed by atoms with Gasteiger partial charge in [-0.1, -0.05) is 42.5 Å². The van der Waals surface area contributed by atoms with Gasteiger partial charge in [0.1, 0.15) is 12.1 Å². The van der Waals surface area contributed by atoms with Gasteiger partial charge in [0.25, 0.3) is 0 Å². The van der Waals surface area contributed by atoms with E-state index in [-0.39, 0.29) is 11.9 Å². The number of hydrogen-bond acceptors (Lipinski definition) is 5. The van der Waals surface area contributed by atoms with Crippen molar-refractivity contribution in [3.63, 3.8) is 0 Å². The van der Waals surface area contributed by atoms with Crippen LogP contribution in [0.2, 0.25) is 0 Å². The Morgan fingerprint density at radius 3 is 2.64 bits per heavy atom. The maximum atomic E-state index is 12.3. The molecular formula is C20H21N3O2. The fraction of sp³-hybridized carbons (Fsp3) is 0.250. The highest BCUT2D eigenvalue weighted by Crippen LogP contribution is 2.19. The highest BCUT2D eigenvalue weighted by Gasteiger charge is 2.20. The van der Waals surface area contributed by atoms with E-state index >= 15 is 0 Å². The first-order valence-corrected chi connectivity index (χ1v) is 8.42. The van der Waals surface area contributed by atoms with Crippen molar-refractivity contribution in [2.45, 2.75) is 13.3 Å². The van der Waals surface area contributed by atoms with Crippen LogP contribution in [0, 0.1) is 5.92 Å². The van der Waals surface area contributed by atoms with Crippen LogP contribution in [0.4, 0.5) is 5.82 Å². The average molecular weight is 335 g/mol. The second-order valence-corrected chi connectivity index (χ2v) is 5.76. The van der Waals surface area contributed by atoms with Crippen LogP contribution in [0.3, 0.4) is 0 Å². The first-order chi connectivity index (χ1) is 12.3. The molecule has 128 valence electrons. The molecule has 0 bridgehead atoms. The van der Waals surface area contributed by atoms with Gasteiger partial charge < -0.3 is 10.1 Å². The van der Waals surface area contributed by atoms with Gasteiger partial charge in [-0.25, -0.2) is 9.97 Å². The van der Waals surface area contributed by atoms with E-state index in [0.29, 0.717) is 19.6 Å². The fourth-order valence-corrected chi connectivity index (χ4v) is 2.76. The van der Waals surface area contributed by atoms with Crippen molar-refractivity contribution in [3.05, 3.63) is 66.5 Å². The summed E-state index contributed by atoms with van der Waals surface area (Å²) in [6, 6.07) is 17.8. The summed E-state index contributed by atoms with van der Waals surface area (Å²) >= 11 is 0. The molecule has 0 radical (unpaired) electrons. The molecule has 5 heteroatoms. The van der Waals surface area contributed by atoms with Crippen molar-refractivity contribution in [2.24, 2.45) is 5.92 Å². The van der Waals surface area contributed by atoms with E-state index in [1.54, 1.807) is 0 Å². The van der Waals surface area contributed by atoms with Crippen molar-refractivity contribution in [1.82, 2.24) is 9.97 Å². The molecule has 0 aliphatic heterocycles. The van der Waals surface area contributed by atoms with Crippen molar-refractivity contribution in [1.29, 1.82) is 0 Å². The van der Waals surface area contributed by atoms with Gasteiger partial charge in [0, 0.05) is 11.9 Å². The van der Waals surface area contributed by atoms with Gasteiger partial charge in [0.05, 0.1) is 18.0 Å². The lowest BCUT2D eigenvalue weighted by atomic mass is 9.99. The van der Waals surface area contributed by atoms with Crippen LogP contribution in [0.15, 0.2) is 60.9 Å². The molecule has 0 fully saturated rings. The lowest BCUT2D eigenvalue weighted by molar-refractivity contribution is -0.147. The second kappa shape index (κ2) is 8.24. The van der Waals surface area contributed by atoms with Crippen molar-refractivity contribution in [2.75, 3.05) is 18.5 Å². The first-order valence-electron chi connectivity index (χ1n) is 8.42. The number of hydrogen-bond donors (Lipinski definition) is 1. The molecule has 0 spiro atoms. The van der Waals surface area contributed by atoms with Gasteiger partial charge in [-0.05, 0) is 31.0 Å². The third-order valence-corrected chi connectivity index (χ3v) is 4.00. The summed E-state index contributed by atoms with van der Waals surface area (Å²) in [5, 5.41) is 4.23. The Hall–Kier alpha value is -2.95. The van der Waals surface area contributed by atoms with E-state index in [2.05, 4.69) is 15.3 Å². The summed E-state index contributed by atoms with van der Waals surface area (Å²) in [6.45, 7) is 2.65. The number of anilines is 1. The zero-order chi connectivity index (χ0) is 17.5. The van der Waals surface area contributed by atoms with Crippen LogP contribution in [-0.2, 0) is 16.0 Å². The number of nitrogens with one attached hydrogen (secondary N) is 1. The zero-order valence-corrected chi connectivity index (χ0v) is 14.2. The van der Waals surface area contributed by atoms with Crippen LogP contribution >= 0.6 is 0 Å². The van der Waals surface area contributed by atoms with Gasteiger partial charge in [0.2, 0.25) is 0 Å². The van der Waals surface area contributed by atoms with Gasteiger partial charge in [-0.15, -0.1) is 0 Å².